The topological polar surface area (TPSA) is 94.5 Å². The average Bonchev–Trinajstić information content (AvgIpc) is 3.47. The van der Waals surface area contributed by atoms with Crippen LogP contribution >= 0.6 is 0 Å². The van der Waals surface area contributed by atoms with Gasteiger partial charge in [-0.15, -0.1) is 0 Å². The minimum atomic E-state index is -0.867. The number of hydrogen-bond donors (Lipinski definition) is 2. The molecule has 2 N–H and O–H groups in total. The molecule has 1 amide bonds. The summed E-state index contributed by atoms with van der Waals surface area (Å²) in [6.07, 6.45) is 10.9. The van der Waals surface area contributed by atoms with E-state index >= 15 is 0 Å². The molecule has 2 aromatic heterocycles. The summed E-state index contributed by atoms with van der Waals surface area (Å²) in [5.74, 6) is 0.862. The molecular weight excluding hydrogens is 416 g/mol. The molecule has 2 aliphatic heterocycles. The van der Waals surface area contributed by atoms with E-state index in [1.807, 2.05) is 24.1 Å². The van der Waals surface area contributed by atoms with Gasteiger partial charge in [0.15, 0.2) is 5.82 Å². The molecule has 8 heteroatoms. The summed E-state index contributed by atoms with van der Waals surface area (Å²) in [4.78, 5) is 30.1. The predicted molar refractivity (Wildman–Crippen MR) is 125 cm³/mol. The number of nitrogens with one attached hydrogen (secondary N) is 1. The zero-order chi connectivity index (χ0) is 22.9. The fourth-order valence-corrected chi connectivity index (χ4v) is 5.98. The highest BCUT2D eigenvalue weighted by molar-refractivity contribution is 5.78. The maximum Gasteiger partial charge on any atom is 0.236 e. The van der Waals surface area contributed by atoms with Gasteiger partial charge in [0, 0.05) is 55.2 Å². The van der Waals surface area contributed by atoms with E-state index in [0.717, 1.165) is 69.5 Å². The predicted octanol–water partition coefficient (Wildman–Crippen LogP) is 1.81. The zero-order valence-electron chi connectivity index (χ0n) is 19.4. The molecule has 1 saturated carbocycles. The minimum Gasteiger partial charge on any atom is -0.384 e. The van der Waals surface area contributed by atoms with Crippen LogP contribution in [0.2, 0.25) is 0 Å². The lowest BCUT2D eigenvalue weighted by molar-refractivity contribution is -0.129. The molecule has 0 radical (unpaired) electrons. The Morgan fingerprint density at radius 1 is 1.09 bits per heavy atom. The van der Waals surface area contributed by atoms with Crippen molar-refractivity contribution in [3.63, 3.8) is 0 Å². The highest BCUT2D eigenvalue weighted by Gasteiger charge is 2.47. The summed E-state index contributed by atoms with van der Waals surface area (Å²) >= 11 is 0. The molecule has 0 bridgehead atoms. The second-order valence-electron chi connectivity index (χ2n) is 10.1. The van der Waals surface area contributed by atoms with Gasteiger partial charge in [0.05, 0.1) is 12.2 Å². The Kier molecular flexibility index (Phi) is 6.16. The lowest BCUT2D eigenvalue weighted by Gasteiger charge is -2.39. The summed E-state index contributed by atoms with van der Waals surface area (Å²) in [7, 11) is 1.83. The number of carbonyl (C=O) groups excluding carboxylic acids is 1. The van der Waals surface area contributed by atoms with Crippen LogP contribution in [-0.4, -0.2) is 81.6 Å². The highest BCUT2D eigenvalue weighted by atomic mass is 16.3. The second kappa shape index (κ2) is 9.08. The molecular formula is C25H34N6O2. The van der Waals surface area contributed by atoms with Crippen LogP contribution in [0.5, 0.6) is 0 Å². The van der Waals surface area contributed by atoms with Crippen molar-refractivity contribution >= 4 is 5.91 Å². The van der Waals surface area contributed by atoms with Crippen LogP contribution in [0, 0.1) is 5.41 Å². The van der Waals surface area contributed by atoms with E-state index in [1.165, 1.54) is 6.42 Å². The van der Waals surface area contributed by atoms with Crippen molar-refractivity contribution in [1.29, 1.82) is 0 Å². The van der Waals surface area contributed by atoms with Gasteiger partial charge in [0.2, 0.25) is 5.91 Å². The molecule has 1 spiro atoms. The largest absolute Gasteiger partial charge is 0.384 e. The Balaban J connectivity index is 1.17. The maximum absolute atomic E-state index is 12.3. The molecule has 4 heterocycles. The molecule has 1 unspecified atom stereocenters. The third-order valence-corrected chi connectivity index (χ3v) is 7.95. The van der Waals surface area contributed by atoms with Gasteiger partial charge in [-0.05, 0) is 70.3 Å². The molecule has 3 fully saturated rings. The minimum absolute atomic E-state index is 0.216. The van der Waals surface area contributed by atoms with Crippen molar-refractivity contribution in [2.24, 2.45) is 5.41 Å². The number of nitrogens with zero attached hydrogens (tertiary/aromatic N) is 5. The third-order valence-electron chi connectivity index (χ3n) is 7.95. The smallest absolute Gasteiger partial charge is 0.236 e. The number of likely N-dealkylation sites (N-methyl/N-ethyl adjacent to an activating group) is 1. The van der Waals surface area contributed by atoms with E-state index in [4.69, 9.17) is 0 Å². The van der Waals surface area contributed by atoms with Crippen LogP contribution in [0.1, 0.15) is 44.2 Å². The number of carbonyl (C=O) groups is 1. The van der Waals surface area contributed by atoms with E-state index in [-0.39, 0.29) is 11.3 Å². The van der Waals surface area contributed by atoms with Gasteiger partial charge in [-0.1, -0.05) is 0 Å². The number of aliphatic hydroxyl groups is 1. The second-order valence-corrected chi connectivity index (χ2v) is 10.1. The van der Waals surface area contributed by atoms with Crippen LogP contribution in [0.4, 0.5) is 0 Å². The molecule has 8 nitrogen and oxygen atoms in total. The van der Waals surface area contributed by atoms with Crippen molar-refractivity contribution in [2.45, 2.75) is 50.2 Å². The Bertz CT molecular complexity index is 961. The van der Waals surface area contributed by atoms with E-state index in [2.05, 4.69) is 25.2 Å². The molecule has 1 aliphatic carbocycles. The van der Waals surface area contributed by atoms with Crippen molar-refractivity contribution in [2.75, 3.05) is 39.8 Å². The standard InChI is InChI=1S/C25H34N6O2/c1-26-16-22(32)31-14-10-24(18-31)9-13-30(17-24)20-5-7-25(33,8-6-20)21-4-3-19(15-29-21)23-27-11-2-12-28-23/h2-4,11-12,15,20,26,33H,5-10,13-14,16-18H2,1H3. The Morgan fingerprint density at radius 3 is 2.55 bits per heavy atom. The van der Waals surface area contributed by atoms with E-state index in [0.29, 0.717) is 18.4 Å². The molecule has 1 atom stereocenters. The normalized spacial score (nSPS) is 30.2. The Labute approximate surface area is 195 Å². The number of likely N-dealkylation sites (tertiary alicyclic amines) is 2. The van der Waals surface area contributed by atoms with Gasteiger partial charge in [-0.2, -0.15) is 0 Å². The maximum atomic E-state index is 12.3. The summed E-state index contributed by atoms with van der Waals surface area (Å²) in [6, 6.07) is 6.17. The fourth-order valence-electron chi connectivity index (χ4n) is 5.98. The van der Waals surface area contributed by atoms with Crippen molar-refractivity contribution in [3.05, 3.63) is 42.5 Å². The molecule has 176 valence electrons. The molecule has 0 aromatic carbocycles. The lowest BCUT2D eigenvalue weighted by Crippen LogP contribution is -2.43. The monoisotopic (exact) mass is 450 g/mol. The first-order chi connectivity index (χ1) is 16.0. The molecule has 33 heavy (non-hydrogen) atoms. The highest BCUT2D eigenvalue weighted by Crippen LogP contribution is 2.44. The van der Waals surface area contributed by atoms with Crippen LogP contribution in [0.3, 0.4) is 0 Å². The molecule has 3 aliphatic rings. The summed E-state index contributed by atoms with van der Waals surface area (Å²) in [5, 5.41) is 14.3. The fraction of sp³-hybridized carbons (Fsp3) is 0.600. The van der Waals surface area contributed by atoms with Gasteiger partial charge >= 0.3 is 0 Å². The van der Waals surface area contributed by atoms with Crippen molar-refractivity contribution < 1.29 is 9.90 Å². The number of pyridine rings is 1. The molecule has 2 saturated heterocycles. The van der Waals surface area contributed by atoms with Crippen molar-refractivity contribution in [3.8, 4) is 11.4 Å². The van der Waals surface area contributed by atoms with Gasteiger partial charge in [-0.25, -0.2) is 9.97 Å². The van der Waals surface area contributed by atoms with Crippen LogP contribution < -0.4 is 5.32 Å². The average molecular weight is 451 g/mol. The van der Waals surface area contributed by atoms with E-state index in [1.54, 1.807) is 24.7 Å². The quantitative estimate of drug-likeness (QED) is 0.717. The SMILES string of the molecule is CNCC(=O)N1CCC2(CCN(C3CCC(O)(c4ccc(-c5ncccn5)cn4)CC3)C2)C1. The number of aromatic nitrogens is 3. The van der Waals surface area contributed by atoms with E-state index in [9.17, 15) is 9.90 Å². The number of rotatable bonds is 5. The summed E-state index contributed by atoms with van der Waals surface area (Å²) in [6.45, 7) is 4.37. The molecule has 2 aromatic rings. The van der Waals surface area contributed by atoms with Gasteiger partial charge in [0.1, 0.15) is 5.60 Å². The number of amides is 1. The van der Waals surface area contributed by atoms with Crippen LogP contribution in [-0.2, 0) is 10.4 Å². The first kappa shape index (κ1) is 22.4. The Morgan fingerprint density at radius 2 is 1.85 bits per heavy atom. The zero-order valence-corrected chi connectivity index (χ0v) is 19.4. The van der Waals surface area contributed by atoms with E-state index < -0.39 is 5.60 Å². The van der Waals surface area contributed by atoms with Crippen molar-refractivity contribution in [1.82, 2.24) is 30.1 Å². The molecule has 5 rings (SSSR count). The van der Waals surface area contributed by atoms with Gasteiger partial charge in [-0.3, -0.25) is 14.7 Å². The first-order valence-electron chi connectivity index (χ1n) is 12.1. The van der Waals surface area contributed by atoms with Gasteiger partial charge < -0.3 is 15.3 Å². The van der Waals surface area contributed by atoms with Crippen LogP contribution in [0.25, 0.3) is 11.4 Å². The Hall–Kier alpha value is -2.42. The lowest BCUT2D eigenvalue weighted by atomic mass is 9.79. The summed E-state index contributed by atoms with van der Waals surface area (Å²) in [5.41, 5.74) is 0.993. The van der Waals surface area contributed by atoms with Crippen LogP contribution in [0.15, 0.2) is 36.8 Å². The first-order valence-corrected chi connectivity index (χ1v) is 12.1. The van der Waals surface area contributed by atoms with Gasteiger partial charge in [0.25, 0.3) is 0 Å². The summed E-state index contributed by atoms with van der Waals surface area (Å²) < 4.78 is 0. The number of hydrogen-bond acceptors (Lipinski definition) is 7. The third kappa shape index (κ3) is 4.52.